The minimum atomic E-state index is -4.45. The lowest BCUT2D eigenvalue weighted by Crippen LogP contribution is -2.61. The van der Waals surface area contributed by atoms with Gasteiger partial charge < -0.3 is 0 Å². The maximum Gasteiger partial charge on any atom is 0.265 e. The van der Waals surface area contributed by atoms with E-state index in [4.69, 9.17) is 0 Å². The van der Waals surface area contributed by atoms with Gasteiger partial charge >= 0.3 is 0 Å². The van der Waals surface area contributed by atoms with Gasteiger partial charge in [0, 0.05) is 11.1 Å². The van der Waals surface area contributed by atoms with Crippen molar-refractivity contribution < 1.29 is 28.5 Å². The highest BCUT2D eigenvalue weighted by molar-refractivity contribution is 6.13. The van der Waals surface area contributed by atoms with Gasteiger partial charge in [0.05, 0.1) is 14.5 Å². The summed E-state index contributed by atoms with van der Waals surface area (Å²) in [6, 6.07) is 18.6. The van der Waals surface area contributed by atoms with Gasteiger partial charge in [-0.05, 0) is 11.1 Å². The fraction of sp³-hybridized carbons (Fsp3) is 0.0667. The highest BCUT2D eigenvalue weighted by Crippen LogP contribution is 2.49. The summed E-state index contributed by atoms with van der Waals surface area (Å²) in [5.41, 5.74) is 3.19. The van der Waals surface area contributed by atoms with E-state index in [1.807, 2.05) is 60.7 Å². The number of benzene rings is 2. The fourth-order valence-electron chi connectivity index (χ4n) is 2.25. The van der Waals surface area contributed by atoms with Crippen molar-refractivity contribution in [2.75, 3.05) is 0 Å². The predicted molar refractivity (Wildman–Crippen MR) is 64.6 cm³/mol. The van der Waals surface area contributed by atoms with Gasteiger partial charge in [-0.25, -0.2) is 0 Å². The van der Waals surface area contributed by atoms with Crippen LogP contribution in [0.2, 0.25) is 0 Å². The molecular weight excluding hydrogens is 280 g/mol. The Balaban J connectivity index is 1.96. The lowest BCUT2D eigenvalue weighted by atomic mass is 10.1. The molecule has 0 amide bonds. The SMILES string of the molecule is [O-][Cl+3]([O-])([O-])OC1C(c2ccccc2)=C1c1ccccc1. The Morgan fingerprint density at radius 1 is 0.700 bits per heavy atom. The summed E-state index contributed by atoms with van der Waals surface area (Å²) in [4.78, 5) is 0. The van der Waals surface area contributed by atoms with E-state index < -0.39 is 16.3 Å². The second-order valence-corrected chi connectivity index (χ2v) is 5.34. The van der Waals surface area contributed by atoms with Gasteiger partial charge in [0.2, 0.25) is 0 Å². The first-order valence-corrected chi connectivity index (χ1v) is 7.24. The van der Waals surface area contributed by atoms with E-state index in [0.717, 1.165) is 22.3 Å². The fourth-order valence-corrected chi connectivity index (χ4v) is 2.64. The van der Waals surface area contributed by atoms with E-state index >= 15 is 0 Å². The first-order valence-electron chi connectivity index (χ1n) is 6.00. The number of hydrogen-bond acceptors (Lipinski definition) is 4. The summed E-state index contributed by atoms with van der Waals surface area (Å²) in [6.07, 6.45) is -0.788. The first kappa shape index (κ1) is 13.3. The van der Waals surface area contributed by atoms with Crippen molar-refractivity contribution in [3.05, 3.63) is 71.8 Å². The standard InChI is InChI=1S/C15H11ClO4/c17-16(18,19)20-15-13(11-7-3-1-4-8-11)14(15)12-9-5-2-6-10-12/h1-10,15H. The van der Waals surface area contributed by atoms with Crippen LogP contribution in [-0.4, -0.2) is 6.10 Å². The molecule has 0 saturated heterocycles. The van der Waals surface area contributed by atoms with E-state index in [1.165, 1.54) is 0 Å². The zero-order valence-electron chi connectivity index (χ0n) is 10.4. The van der Waals surface area contributed by atoms with Crippen molar-refractivity contribution in [2.24, 2.45) is 0 Å². The number of hydrogen-bond donors (Lipinski definition) is 0. The van der Waals surface area contributed by atoms with Crippen molar-refractivity contribution in [3.63, 3.8) is 0 Å². The van der Waals surface area contributed by atoms with Crippen molar-refractivity contribution in [1.82, 2.24) is 0 Å². The molecule has 0 heterocycles. The van der Waals surface area contributed by atoms with Crippen molar-refractivity contribution in [3.8, 4) is 0 Å². The topological polar surface area (TPSA) is 78.4 Å². The van der Waals surface area contributed by atoms with E-state index in [-0.39, 0.29) is 0 Å². The summed E-state index contributed by atoms with van der Waals surface area (Å²) in [5, 5.41) is 0. The third kappa shape index (κ3) is 2.75. The molecule has 0 unspecified atom stereocenters. The van der Waals surface area contributed by atoms with Crippen LogP contribution in [0.1, 0.15) is 11.1 Å². The Labute approximate surface area is 118 Å². The average Bonchev–Trinajstić information content (AvgIpc) is 3.12. The molecule has 0 bridgehead atoms. The summed E-state index contributed by atoms with van der Waals surface area (Å²) in [7, 11) is -4.45. The Kier molecular flexibility index (Phi) is 3.33. The molecule has 0 radical (unpaired) electrons. The maximum atomic E-state index is 10.8. The second kappa shape index (κ2) is 5.01. The van der Waals surface area contributed by atoms with Gasteiger partial charge in [-0.2, -0.15) is 14.0 Å². The smallest absolute Gasteiger partial charge is 0.183 e. The minimum Gasteiger partial charge on any atom is -0.183 e. The third-order valence-corrected chi connectivity index (χ3v) is 3.50. The maximum absolute atomic E-state index is 10.8. The molecule has 1 aliphatic rings. The van der Waals surface area contributed by atoms with Gasteiger partial charge in [-0.1, -0.05) is 60.7 Å². The van der Waals surface area contributed by atoms with Gasteiger partial charge in [-0.3, -0.25) is 0 Å². The van der Waals surface area contributed by atoms with Crippen LogP contribution in [0.25, 0.3) is 11.1 Å². The lowest BCUT2D eigenvalue weighted by Gasteiger charge is -2.12. The summed E-state index contributed by atoms with van der Waals surface area (Å²) in [6.45, 7) is 0. The molecule has 0 atom stereocenters. The van der Waals surface area contributed by atoms with Crippen molar-refractivity contribution in [2.45, 2.75) is 6.10 Å². The first-order chi connectivity index (χ1) is 9.56. The van der Waals surface area contributed by atoms with Crippen LogP contribution in [0.4, 0.5) is 0 Å². The van der Waals surface area contributed by atoms with Crippen LogP contribution in [0, 0.1) is 10.2 Å². The molecular formula is C15H11ClO4. The summed E-state index contributed by atoms with van der Waals surface area (Å²) in [5.74, 6) is 0. The highest BCUT2D eigenvalue weighted by atomic mass is 35.7. The monoisotopic (exact) mass is 290 g/mol. The molecule has 2 aromatic rings. The molecule has 3 rings (SSSR count). The van der Waals surface area contributed by atoms with E-state index in [9.17, 15) is 14.0 Å². The quantitative estimate of drug-likeness (QED) is 0.787. The molecule has 0 spiro atoms. The Bertz CT molecular complexity index is 582. The summed E-state index contributed by atoms with van der Waals surface area (Å²) < 4.78 is 37.0. The predicted octanol–water partition coefficient (Wildman–Crippen LogP) is -0.106. The second-order valence-electron chi connectivity index (χ2n) is 4.41. The molecule has 20 heavy (non-hydrogen) atoms. The van der Waals surface area contributed by atoms with Crippen LogP contribution in [0.3, 0.4) is 0 Å². The average molecular weight is 291 g/mol. The minimum absolute atomic E-state index is 0.740. The van der Waals surface area contributed by atoms with Crippen molar-refractivity contribution >= 4 is 11.1 Å². The van der Waals surface area contributed by atoms with Crippen molar-refractivity contribution in [1.29, 1.82) is 0 Å². The lowest BCUT2D eigenvalue weighted by molar-refractivity contribution is -1.92. The molecule has 0 N–H and O–H groups in total. The van der Waals surface area contributed by atoms with Crippen LogP contribution in [-0.2, 0) is 4.29 Å². The van der Waals surface area contributed by atoms with E-state index in [0.29, 0.717) is 0 Å². The Hall–Kier alpha value is -1.69. The van der Waals surface area contributed by atoms with Gasteiger partial charge in [0.1, 0.15) is 0 Å². The zero-order chi connectivity index (χ0) is 14.2. The molecule has 0 aromatic heterocycles. The van der Waals surface area contributed by atoms with E-state index in [2.05, 4.69) is 4.29 Å². The van der Waals surface area contributed by atoms with Crippen LogP contribution in [0.5, 0.6) is 0 Å². The molecule has 0 saturated carbocycles. The molecule has 0 aliphatic heterocycles. The molecule has 5 heteroatoms. The zero-order valence-corrected chi connectivity index (χ0v) is 11.1. The molecule has 2 aromatic carbocycles. The molecule has 102 valence electrons. The Morgan fingerprint density at radius 2 is 1.10 bits per heavy atom. The molecule has 4 nitrogen and oxygen atoms in total. The Morgan fingerprint density at radius 3 is 1.45 bits per heavy atom. The van der Waals surface area contributed by atoms with Crippen LogP contribution >= 0.6 is 0 Å². The third-order valence-electron chi connectivity index (χ3n) is 3.10. The number of rotatable bonds is 4. The van der Waals surface area contributed by atoms with Gasteiger partial charge in [0.25, 0.3) is 6.10 Å². The van der Waals surface area contributed by atoms with Crippen LogP contribution in [0.15, 0.2) is 60.7 Å². The van der Waals surface area contributed by atoms with Gasteiger partial charge in [-0.15, -0.1) is 0 Å². The van der Waals surface area contributed by atoms with Gasteiger partial charge in [0.15, 0.2) is 0 Å². The molecule has 1 aliphatic carbocycles. The normalized spacial score (nSPS) is 15.6. The summed E-state index contributed by atoms with van der Waals surface area (Å²) >= 11 is 0. The highest BCUT2D eigenvalue weighted by Gasteiger charge is 2.50. The van der Waals surface area contributed by atoms with Crippen LogP contribution < -0.4 is 14.0 Å². The van der Waals surface area contributed by atoms with E-state index in [1.54, 1.807) is 0 Å². The molecule has 0 fully saturated rings. The largest absolute Gasteiger partial charge is 0.265 e. The number of halogens is 1.